The van der Waals surface area contributed by atoms with E-state index in [0.29, 0.717) is 4.31 Å². The second-order valence-electron chi connectivity index (χ2n) is 3.14. The number of nitrogens with zero attached hydrogens (tertiary/aromatic N) is 1. The van der Waals surface area contributed by atoms with Crippen LogP contribution < -0.4 is 0 Å². The minimum Gasteiger partial charge on any atom is -0.212 e. The van der Waals surface area contributed by atoms with Crippen molar-refractivity contribution in [2.45, 2.75) is 32.2 Å². The third kappa shape index (κ3) is 3.83. The number of alkyl halides is 3. The smallest absolute Gasteiger partial charge is 0.212 e. The van der Waals surface area contributed by atoms with Gasteiger partial charge in [0.1, 0.15) is 6.54 Å². The van der Waals surface area contributed by atoms with E-state index in [1.165, 1.54) is 20.8 Å². The molecule has 0 N–H and O–H groups in total. The first-order valence-corrected chi connectivity index (χ1v) is 5.67. The van der Waals surface area contributed by atoms with E-state index in [9.17, 15) is 21.6 Å². The average molecular weight is 233 g/mol. The third-order valence-electron chi connectivity index (χ3n) is 1.66. The molecule has 0 saturated carbocycles. The summed E-state index contributed by atoms with van der Waals surface area (Å²) in [5.74, 6) is 0. The van der Waals surface area contributed by atoms with Crippen LogP contribution in [0.15, 0.2) is 0 Å². The van der Waals surface area contributed by atoms with Crippen molar-refractivity contribution in [3.8, 4) is 0 Å². The summed E-state index contributed by atoms with van der Waals surface area (Å²) in [7, 11) is -3.81. The molecule has 0 unspecified atom stereocenters. The molecule has 0 aromatic carbocycles. The van der Waals surface area contributed by atoms with Crippen molar-refractivity contribution < 1.29 is 21.6 Å². The number of halogens is 3. The summed E-state index contributed by atoms with van der Waals surface area (Å²) in [4.78, 5) is 0. The van der Waals surface area contributed by atoms with E-state index in [1.54, 1.807) is 0 Å². The Balaban J connectivity index is 4.75. The molecule has 0 spiro atoms. The van der Waals surface area contributed by atoms with Gasteiger partial charge in [-0.3, -0.25) is 0 Å². The minimum absolute atomic E-state index is 0.167. The van der Waals surface area contributed by atoms with Crippen molar-refractivity contribution in [3.63, 3.8) is 0 Å². The summed E-state index contributed by atoms with van der Waals surface area (Å²) < 4.78 is 59.1. The van der Waals surface area contributed by atoms with Crippen LogP contribution in [0.5, 0.6) is 0 Å². The first kappa shape index (κ1) is 13.7. The van der Waals surface area contributed by atoms with Crippen LogP contribution in [0.2, 0.25) is 0 Å². The quantitative estimate of drug-likeness (QED) is 0.739. The molecule has 0 aromatic heterocycles. The lowest BCUT2D eigenvalue weighted by atomic mass is 10.6. The summed E-state index contributed by atoms with van der Waals surface area (Å²) in [6.07, 6.45) is -4.49. The maximum Gasteiger partial charge on any atom is 0.402 e. The van der Waals surface area contributed by atoms with E-state index in [2.05, 4.69) is 0 Å². The van der Waals surface area contributed by atoms with E-state index >= 15 is 0 Å². The summed E-state index contributed by atoms with van der Waals surface area (Å²) in [6, 6.07) is 0. The standard InChI is InChI=1S/C7H14F3NO2S/c1-4-11(5-7(8,9)10)14(12,13)6(2)3/h6H,4-5H2,1-3H3. The SMILES string of the molecule is CCN(CC(F)(F)F)S(=O)(=O)C(C)C. The van der Waals surface area contributed by atoms with Gasteiger partial charge >= 0.3 is 6.18 Å². The van der Waals surface area contributed by atoms with E-state index < -0.39 is 28.0 Å². The Hall–Kier alpha value is -0.300. The molecule has 86 valence electrons. The maximum atomic E-state index is 12.0. The van der Waals surface area contributed by atoms with Crippen LogP contribution in [0, 0.1) is 0 Å². The highest BCUT2D eigenvalue weighted by molar-refractivity contribution is 7.89. The van der Waals surface area contributed by atoms with Crippen LogP contribution in [0.4, 0.5) is 13.2 Å². The second-order valence-corrected chi connectivity index (χ2v) is 5.62. The molecule has 0 atom stereocenters. The number of sulfonamides is 1. The van der Waals surface area contributed by atoms with Crippen molar-refractivity contribution in [1.29, 1.82) is 0 Å². The van der Waals surface area contributed by atoms with Crippen LogP contribution >= 0.6 is 0 Å². The zero-order chi connectivity index (χ0) is 11.6. The van der Waals surface area contributed by atoms with Gasteiger partial charge in [0.2, 0.25) is 10.0 Å². The molecule has 0 saturated heterocycles. The van der Waals surface area contributed by atoms with Crippen LogP contribution in [-0.4, -0.2) is 37.2 Å². The van der Waals surface area contributed by atoms with Crippen molar-refractivity contribution in [2.75, 3.05) is 13.1 Å². The lowest BCUT2D eigenvalue weighted by Gasteiger charge is -2.23. The monoisotopic (exact) mass is 233 g/mol. The molecule has 0 fully saturated rings. The number of hydrogen-bond donors (Lipinski definition) is 0. The van der Waals surface area contributed by atoms with E-state index in [4.69, 9.17) is 0 Å². The van der Waals surface area contributed by atoms with Gasteiger partial charge in [0.05, 0.1) is 5.25 Å². The lowest BCUT2D eigenvalue weighted by Crippen LogP contribution is -2.42. The molecular formula is C7H14F3NO2S. The highest BCUT2D eigenvalue weighted by Crippen LogP contribution is 2.19. The Morgan fingerprint density at radius 3 is 1.93 bits per heavy atom. The summed E-state index contributed by atoms with van der Waals surface area (Å²) >= 11 is 0. The van der Waals surface area contributed by atoms with Crippen LogP contribution in [0.25, 0.3) is 0 Å². The zero-order valence-corrected chi connectivity index (χ0v) is 9.11. The van der Waals surface area contributed by atoms with Gasteiger partial charge in [0, 0.05) is 6.54 Å². The second kappa shape index (κ2) is 4.48. The number of hydrogen-bond acceptors (Lipinski definition) is 2. The van der Waals surface area contributed by atoms with Crippen molar-refractivity contribution >= 4 is 10.0 Å². The van der Waals surface area contributed by atoms with Gasteiger partial charge in [-0.25, -0.2) is 8.42 Å². The molecule has 0 aliphatic rings. The van der Waals surface area contributed by atoms with E-state index in [1.807, 2.05) is 0 Å². The first-order valence-electron chi connectivity index (χ1n) is 4.17. The van der Waals surface area contributed by atoms with Crippen molar-refractivity contribution in [2.24, 2.45) is 0 Å². The molecule has 0 amide bonds. The van der Waals surface area contributed by atoms with Gasteiger partial charge in [-0.1, -0.05) is 6.92 Å². The zero-order valence-electron chi connectivity index (χ0n) is 8.30. The predicted molar refractivity (Wildman–Crippen MR) is 47.4 cm³/mol. The minimum atomic E-state index is -4.49. The molecule has 0 bridgehead atoms. The molecule has 0 radical (unpaired) electrons. The Bertz CT molecular complexity index is 271. The molecule has 14 heavy (non-hydrogen) atoms. The van der Waals surface area contributed by atoms with Gasteiger partial charge in [0.15, 0.2) is 0 Å². The van der Waals surface area contributed by atoms with E-state index in [-0.39, 0.29) is 6.54 Å². The average Bonchev–Trinajstić information content (AvgIpc) is 1.97. The molecule has 7 heteroatoms. The molecular weight excluding hydrogens is 219 g/mol. The molecule has 0 aliphatic carbocycles. The summed E-state index contributed by atoms with van der Waals surface area (Å²) in [5.41, 5.74) is 0. The van der Waals surface area contributed by atoms with Gasteiger partial charge in [-0.15, -0.1) is 0 Å². The normalized spacial score (nSPS) is 14.0. The van der Waals surface area contributed by atoms with Gasteiger partial charge in [0.25, 0.3) is 0 Å². The highest BCUT2D eigenvalue weighted by atomic mass is 32.2. The lowest BCUT2D eigenvalue weighted by molar-refractivity contribution is -0.135. The Morgan fingerprint density at radius 1 is 1.29 bits per heavy atom. The van der Waals surface area contributed by atoms with Crippen molar-refractivity contribution in [3.05, 3.63) is 0 Å². The van der Waals surface area contributed by atoms with Crippen molar-refractivity contribution in [1.82, 2.24) is 4.31 Å². The largest absolute Gasteiger partial charge is 0.402 e. The highest BCUT2D eigenvalue weighted by Gasteiger charge is 2.36. The fourth-order valence-electron chi connectivity index (χ4n) is 0.880. The van der Waals surface area contributed by atoms with E-state index in [0.717, 1.165) is 0 Å². The van der Waals surface area contributed by atoms with Crippen LogP contribution in [0.1, 0.15) is 20.8 Å². The summed E-state index contributed by atoms with van der Waals surface area (Å²) in [5, 5.41) is -0.829. The molecule has 0 aromatic rings. The predicted octanol–water partition coefficient (Wildman–Crippen LogP) is 1.61. The summed E-state index contributed by atoms with van der Waals surface area (Å²) in [6.45, 7) is 2.51. The van der Waals surface area contributed by atoms with Gasteiger partial charge in [-0.05, 0) is 13.8 Å². The Morgan fingerprint density at radius 2 is 1.71 bits per heavy atom. The fourth-order valence-corrected chi connectivity index (χ4v) is 2.16. The maximum absolute atomic E-state index is 12.0. The fraction of sp³-hybridized carbons (Fsp3) is 1.00. The molecule has 0 heterocycles. The van der Waals surface area contributed by atoms with Crippen LogP contribution in [-0.2, 0) is 10.0 Å². The van der Waals surface area contributed by atoms with Crippen LogP contribution in [0.3, 0.4) is 0 Å². The molecule has 3 nitrogen and oxygen atoms in total. The van der Waals surface area contributed by atoms with Gasteiger partial charge < -0.3 is 0 Å². The molecule has 0 rings (SSSR count). The Kier molecular flexibility index (Phi) is 4.38. The first-order chi connectivity index (χ1) is 6.11. The van der Waals surface area contributed by atoms with Gasteiger partial charge in [-0.2, -0.15) is 17.5 Å². The topological polar surface area (TPSA) is 37.4 Å². The Labute approximate surface area is 81.9 Å². The number of rotatable bonds is 4. The molecule has 0 aliphatic heterocycles. The third-order valence-corrected chi connectivity index (χ3v) is 3.96.